The van der Waals surface area contributed by atoms with Crippen molar-refractivity contribution in [2.45, 2.75) is 6.92 Å². The molecule has 0 saturated carbocycles. The molecule has 102 valence electrons. The Bertz CT molecular complexity index is 557. The van der Waals surface area contributed by atoms with Gasteiger partial charge in [0.15, 0.2) is 0 Å². The Morgan fingerprint density at radius 2 is 1.95 bits per heavy atom. The molecule has 0 aliphatic heterocycles. The second-order valence-electron chi connectivity index (χ2n) is 3.99. The van der Waals surface area contributed by atoms with Crippen LogP contribution in [0.5, 0.6) is 0 Å². The maximum absolute atomic E-state index is 11.8. The SMILES string of the molecule is CC(=O)Nc1cc(C(=O)N(C)C)cc(Br)c1[N+](=O)[O-]. The number of amides is 2. The largest absolute Gasteiger partial charge is 0.345 e. The molecule has 8 heteroatoms. The second kappa shape index (κ2) is 5.79. The van der Waals surface area contributed by atoms with Gasteiger partial charge in [-0.25, -0.2) is 0 Å². The molecule has 1 N–H and O–H groups in total. The molecule has 0 radical (unpaired) electrons. The Labute approximate surface area is 117 Å². The van der Waals surface area contributed by atoms with Crippen LogP contribution in [0.25, 0.3) is 0 Å². The highest BCUT2D eigenvalue weighted by Gasteiger charge is 2.23. The summed E-state index contributed by atoms with van der Waals surface area (Å²) in [4.78, 5) is 34.6. The van der Waals surface area contributed by atoms with Crippen molar-refractivity contribution in [3.8, 4) is 0 Å². The molecule has 0 heterocycles. The van der Waals surface area contributed by atoms with Gasteiger partial charge in [0, 0.05) is 26.6 Å². The lowest BCUT2D eigenvalue weighted by Gasteiger charge is -2.12. The molecule has 0 aliphatic rings. The van der Waals surface area contributed by atoms with Crippen LogP contribution in [0.1, 0.15) is 17.3 Å². The molecule has 7 nitrogen and oxygen atoms in total. The first-order chi connectivity index (χ1) is 8.73. The fraction of sp³-hybridized carbons (Fsp3) is 0.273. The van der Waals surface area contributed by atoms with Crippen molar-refractivity contribution in [1.29, 1.82) is 0 Å². The molecule has 0 aromatic heterocycles. The van der Waals surface area contributed by atoms with E-state index in [0.29, 0.717) is 0 Å². The lowest BCUT2D eigenvalue weighted by atomic mass is 10.1. The van der Waals surface area contributed by atoms with E-state index < -0.39 is 10.8 Å². The topological polar surface area (TPSA) is 92.6 Å². The Morgan fingerprint density at radius 1 is 1.37 bits per heavy atom. The molecule has 1 rings (SSSR count). The van der Waals surface area contributed by atoms with Crippen LogP contribution in [-0.4, -0.2) is 35.7 Å². The Morgan fingerprint density at radius 3 is 2.37 bits per heavy atom. The molecule has 2 amide bonds. The smallest absolute Gasteiger partial charge is 0.306 e. The zero-order valence-corrected chi connectivity index (χ0v) is 12.1. The standard InChI is InChI=1S/C11H12BrN3O4/c1-6(16)13-9-5-7(11(17)14(2)3)4-8(12)10(9)15(18)19/h4-5H,1-3H3,(H,13,16). The summed E-state index contributed by atoms with van der Waals surface area (Å²) in [5.41, 5.74) is -0.0613. The Hall–Kier alpha value is -1.96. The maximum atomic E-state index is 11.8. The van der Waals surface area contributed by atoms with Gasteiger partial charge in [0.2, 0.25) is 5.91 Å². The number of halogens is 1. The zero-order chi connectivity index (χ0) is 14.7. The van der Waals surface area contributed by atoms with Crippen molar-refractivity contribution in [3.05, 3.63) is 32.3 Å². The summed E-state index contributed by atoms with van der Waals surface area (Å²) in [6.45, 7) is 1.23. The fourth-order valence-electron chi connectivity index (χ4n) is 1.45. The second-order valence-corrected chi connectivity index (χ2v) is 4.85. The third-order valence-corrected chi connectivity index (χ3v) is 2.81. The van der Waals surface area contributed by atoms with Crippen LogP contribution in [0.15, 0.2) is 16.6 Å². The Kier molecular flexibility index (Phi) is 4.60. The molecule has 0 aliphatic carbocycles. The summed E-state index contributed by atoms with van der Waals surface area (Å²) < 4.78 is 0.133. The average Bonchev–Trinajstić information content (AvgIpc) is 2.25. The number of nitrogens with zero attached hydrogens (tertiary/aromatic N) is 2. The predicted molar refractivity (Wildman–Crippen MR) is 73.1 cm³/mol. The number of nitro benzene ring substituents is 1. The van der Waals surface area contributed by atoms with Crippen LogP contribution in [-0.2, 0) is 4.79 Å². The number of hydrogen-bond acceptors (Lipinski definition) is 4. The minimum atomic E-state index is -0.626. The summed E-state index contributed by atoms with van der Waals surface area (Å²) in [7, 11) is 3.13. The minimum Gasteiger partial charge on any atom is -0.345 e. The van der Waals surface area contributed by atoms with Gasteiger partial charge in [-0.1, -0.05) is 0 Å². The van der Waals surface area contributed by atoms with Crippen LogP contribution < -0.4 is 5.32 Å². The third kappa shape index (κ3) is 3.50. The van der Waals surface area contributed by atoms with Crippen molar-refractivity contribution >= 4 is 39.1 Å². The molecule has 1 aromatic rings. The van der Waals surface area contributed by atoms with Crippen LogP contribution in [0.3, 0.4) is 0 Å². The van der Waals surface area contributed by atoms with E-state index in [0.717, 1.165) is 0 Å². The van der Waals surface area contributed by atoms with Gasteiger partial charge in [-0.2, -0.15) is 0 Å². The van der Waals surface area contributed by atoms with Gasteiger partial charge in [-0.15, -0.1) is 0 Å². The Balaban J connectivity index is 3.42. The quantitative estimate of drug-likeness (QED) is 0.678. The number of nitro groups is 1. The van der Waals surface area contributed by atoms with Gasteiger partial charge in [-0.05, 0) is 28.1 Å². The van der Waals surface area contributed by atoms with Crippen LogP contribution in [0.4, 0.5) is 11.4 Å². The summed E-state index contributed by atoms with van der Waals surface area (Å²) in [5.74, 6) is -0.772. The molecule has 1 aromatic carbocycles. The van der Waals surface area contributed by atoms with E-state index in [4.69, 9.17) is 0 Å². The van der Waals surface area contributed by atoms with Gasteiger partial charge < -0.3 is 10.2 Å². The fourth-order valence-corrected chi connectivity index (χ4v) is 2.06. The number of hydrogen-bond donors (Lipinski definition) is 1. The van der Waals surface area contributed by atoms with Crippen molar-refractivity contribution in [2.24, 2.45) is 0 Å². The summed E-state index contributed by atoms with van der Waals surface area (Å²) in [5, 5.41) is 13.3. The number of benzene rings is 1. The van der Waals surface area contributed by atoms with Crippen molar-refractivity contribution in [3.63, 3.8) is 0 Å². The highest BCUT2D eigenvalue weighted by Crippen LogP contribution is 2.34. The van der Waals surface area contributed by atoms with E-state index in [2.05, 4.69) is 21.2 Å². The first-order valence-corrected chi connectivity index (χ1v) is 6.00. The lowest BCUT2D eigenvalue weighted by molar-refractivity contribution is -0.384. The zero-order valence-electron chi connectivity index (χ0n) is 10.6. The molecular formula is C11H12BrN3O4. The predicted octanol–water partition coefficient (Wildman–Crippen LogP) is 2.02. The van der Waals surface area contributed by atoms with Gasteiger partial charge in [0.1, 0.15) is 5.69 Å². The number of rotatable bonds is 3. The number of carbonyl (C=O) groups excluding carboxylic acids is 2. The van der Waals surface area contributed by atoms with Crippen LogP contribution in [0, 0.1) is 10.1 Å². The van der Waals surface area contributed by atoms with E-state index in [1.807, 2.05) is 0 Å². The number of carbonyl (C=O) groups is 2. The van der Waals surface area contributed by atoms with Crippen molar-refractivity contribution in [2.75, 3.05) is 19.4 Å². The minimum absolute atomic E-state index is 0.0166. The van der Waals surface area contributed by atoms with Gasteiger partial charge in [0.25, 0.3) is 5.91 Å². The van der Waals surface area contributed by atoms with E-state index in [1.165, 1.54) is 24.0 Å². The third-order valence-electron chi connectivity index (χ3n) is 2.21. The highest BCUT2D eigenvalue weighted by atomic mass is 79.9. The number of nitrogens with one attached hydrogen (secondary N) is 1. The molecule has 0 saturated heterocycles. The van der Waals surface area contributed by atoms with Gasteiger partial charge in [-0.3, -0.25) is 19.7 Å². The molecular weight excluding hydrogens is 318 g/mol. The highest BCUT2D eigenvalue weighted by molar-refractivity contribution is 9.10. The van der Waals surface area contributed by atoms with E-state index in [-0.39, 0.29) is 27.3 Å². The van der Waals surface area contributed by atoms with E-state index >= 15 is 0 Å². The first kappa shape index (κ1) is 15.1. The summed E-state index contributed by atoms with van der Waals surface area (Å²) in [6, 6.07) is 2.64. The molecule has 0 bridgehead atoms. The van der Waals surface area contributed by atoms with Crippen molar-refractivity contribution in [1.82, 2.24) is 4.90 Å². The molecule has 19 heavy (non-hydrogen) atoms. The monoisotopic (exact) mass is 329 g/mol. The van der Waals surface area contributed by atoms with Crippen LogP contribution >= 0.6 is 15.9 Å². The normalized spacial score (nSPS) is 9.89. The number of anilines is 1. The average molecular weight is 330 g/mol. The molecule has 0 fully saturated rings. The first-order valence-electron chi connectivity index (χ1n) is 5.21. The summed E-state index contributed by atoms with van der Waals surface area (Å²) in [6.07, 6.45) is 0. The van der Waals surface area contributed by atoms with Crippen molar-refractivity contribution < 1.29 is 14.5 Å². The maximum Gasteiger partial charge on any atom is 0.306 e. The molecule has 0 atom stereocenters. The molecule has 0 unspecified atom stereocenters. The van der Waals surface area contributed by atoms with E-state index in [9.17, 15) is 19.7 Å². The molecule has 0 spiro atoms. The summed E-state index contributed by atoms with van der Waals surface area (Å²) >= 11 is 3.04. The van der Waals surface area contributed by atoms with E-state index in [1.54, 1.807) is 14.1 Å². The lowest BCUT2D eigenvalue weighted by Crippen LogP contribution is -2.22. The van der Waals surface area contributed by atoms with Crippen LogP contribution in [0.2, 0.25) is 0 Å². The van der Waals surface area contributed by atoms with Gasteiger partial charge in [0.05, 0.1) is 9.40 Å². The van der Waals surface area contributed by atoms with Gasteiger partial charge >= 0.3 is 5.69 Å².